The molecular formula is C18H25N3O2. The highest BCUT2D eigenvalue weighted by Crippen LogP contribution is 2.45. The Morgan fingerprint density at radius 3 is 2.61 bits per heavy atom. The van der Waals surface area contributed by atoms with Crippen LogP contribution in [0.5, 0.6) is 11.5 Å². The van der Waals surface area contributed by atoms with Gasteiger partial charge in [0.1, 0.15) is 0 Å². The van der Waals surface area contributed by atoms with Crippen LogP contribution in [0.3, 0.4) is 0 Å². The van der Waals surface area contributed by atoms with Gasteiger partial charge in [-0.15, -0.1) is 0 Å². The predicted octanol–water partition coefficient (Wildman–Crippen LogP) is 2.41. The SMILES string of the molecule is COc1cc(C#N)cc([C@@H](C2CCCC2)N2CCNCC2)c1O. The number of hydrogen-bond acceptors (Lipinski definition) is 5. The van der Waals surface area contributed by atoms with E-state index in [2.05, 4.69) is 16.3 Å². The van der Waals surface area contributed by atoms with Gasteiger partial charge in [-0.3, -0.25) is 4.90 Å². The topological polar surface area (TPSA) is 68.5 Å². The Hall–Kier alpha value is -1.77. The second-order valence-electron chi connectivity index (χ2n) is 6.50. The van der Waals surface area contributed by atoms with E-state index < -0.39 is 0 Å². The molecule has 0 bridgehead atoms. The van der Waals surface area contributed by atoms with Gasteiger partial charge in [0.15, 0.2) is 11.5 Å². The summed E-state index contributed by atoms with van der Waals surface area (Å²) in [7, 11) is 1.54. The summed E-state index contributed by atoms with van der Waals surface area (Å²) in [6.07, 6.45) is 4.88. The molecule has 1 aliphatic carbocycles. The normalized spacial score (nSPS) is 21.0. The predicted molar refractivity (Wildman–Crippen MR) is 88.5 cm³/mol. The first-order valence-electron chi connectivity index (χ1n) is 8.50. The fourth-order valence-electron chi connectivity index (χ4n) is 4.06. The van der Waals surface area contributed by atoms with Gasteiger partial charge in [0.05, 0.1) is 18.7 Å². The Morgan fingerprint density at radius 2 is 2.00 bits per heavy atom. The minimum Gasteiger partial charge on any atom is -0.504 e. The molecule has 2 aliphatic rings. The molecule has 1 aromatic carbocycles. The van der Waals surface area contributed by atoms with Crippen LogP contribution in [-0.2, 0) is 0 Å². The fourth-order valence-corrected chi connectivity index (χ4v) is 4.06. The van der Waals surface area contributed by atoms with Crippen molar-refractivity contribution in [2.24, 2.45) is 5.92 Å². The van der Waals surface area contributed by atoms with E-state index in [0.29, 0.717) is 17.2 Å². The quantitative estimate of drug-likeness (QED) is 0.893. The molecule has 1 aliphatic heterocycles. The summed E-state index contributed by atoms with van der Waals surface area (Å²) in [5.41, 5.74) is 1.41. The molecule has 1 saturated heterocycles. The third-order valence-electron chi connectivity index (χ3n) is 5.16. The van der Waals surface area contributed by atoms with Gasteiger partial charge in [0.2, 0.25) is 0 Å². The zero-order valence-electron chi connectivity index (χ0n) is 13.7. The zero-order chi connectivity index (χ0) is 16.2. The maximum absolute atomic E-state index is 10.7. The number of methoxy groups -OCH3 is 1. The van der Waals surface area contributed by atoms with E-state index in [-0.39, 0.29) is 11.8 Å². The molecule has 1 saturated carbocycles. The average Bonchev–Trinajstić information content (AvgIpc) is 3.12. The van der Waals surface area contributed by atoms with Crippen LogP contribution in [0.25, 0.3) is 0 Å². The third-order valence-corrected chi connectivity index (χ3v) is 5.16. The summed E-state index contributed by atoms with van der Waals surface area (Å²) >= 11 is 0. The number of benzene rings is 1. The van der Waals surface area contributed by atoms with Crippen LogP contribution in [-0.4, -0.2) is 43.3 Å². The van der Waals surface area contributed by atoms with E-state index in [1.165, 1.54) is 32.8 Å². The maximum atomic E-state index is 10.7. The molecule has 0 amide bonds. The van der Waals surface area contributed by atoms with E-state index in [4.69, 9.17) is 4.74 Å². The summed E-state index contributed by atoms with van der Waals surface area (Å²) in [5, 5.41) is 23.4. The minimum absolute atomic E-state index is 0.168. The van der Waals surface area contributed by atoms with Crippen LogP contribution >= 0.6 is 0 Å². The Balaban J connectivity index is 2.03. The highest BCUT2D eigenvalue weighted by Gasteiger charge is 2.34. The van der Waals surface area contributed by atoms with E-state index in [9.17, 15) is 10.4 Å². The standard InChI is InChI=1S/C18H25N3O2/c1-23-16-11-13(12-19)10-15(18(16)22)17(14-4-2-3-5-14)21-8-6-20-7-9-21/h10-11,14,17,20,22H,2-9H2,1H3/t17-/m1/s1. The first-order valence-corrected chi connectivity index (χ1v) is 8.50. The summed E-state index contributed by atoms with van der Waals surface area (Å²) < 4.78 is 5.30. The lowest BCUT2D eigenvalue weighted by Crippen LogP contribution is -2.46. The Morgan fingerprint density at radius 1 is 1.30 bits per heavy atom. The molecule has 124 valence electrons. The summed E-state index contributed by atoms with van der Waals surface area (Å²) in [4.78, 5) is 2.46. The Bertz CT molecular complexity index is 585. The number of aromatic hydroxyl groups is 1. The number of nitrogens with one attached hydrogen (secondary N) is 1. The number of phenolic OH excluding ortho intramolecular Hbond substituents is 1. The average molecular weight is 315 g/mol. The molecule has 2 fully saturated rings. The van der Waals surface area contributed by atoms with Crippen molar-refractivity contribution in [3.63, 3.8) is 0 Å². The van der Waals surface area contributed by atoms with Gasteiger partial charge in [-0.25, -0.2) is 0 Å². The lowest BCUT2D eigenvalue weighted by Gasteiger charge is -2.39. The van der Waals surface area contributed by atoms with E-state index in [0.717, 1.165) is 31.7 Å². The van der Waals surface area contributed by atoms with Crippen molar-refractivity contribution in [3.05, 3.63) is 23.3 Å². The smallest absolute Gasteiger partial charge is 0.162 e. The minimum atomic E-state index is 0.168. The van der Waals surface area contributed by atoms with Crippen molar-refractivity contribution in [3.8, 4) is 17.6 Å². The molecule has 1 atom stereocenters. The van der Waals surface area contributed by atoms with Gasteiger partial charge in [0, 0.05) is 43.9 Å². The van der Waals surface area contributed by atoms with E-state index in [1.807, 2.05) is 6.07 Å². The molecule has 0 spiro atoms. The highest BCUT2D eigenvalue weighted by atomic mass is 16.5. The first-order chi connectivity index (χ1) is 11.2. The molecule has 0 aromatic heterocycles. The lowest BCUT2D eigenvalue weighted by atomic mass is 9.88. The van der Waals surface area contributed by atoms with Crippen molar-refractivity contribution < 1.29 is 9.84 Å². The van der Waals surface area contributed by atoms with Crippen molar-refractivity contribution >= 4 is 0 Å². The lowest BCUT2D eigenvalue weighted by molar-refractivity contribution is 0.123. The maximum Gasteiger partial charge on any atom is 0.162 e. The number of nitriles is 1. The van der Waals surface area contributed by atoms with E-state index in [1.54, 1.807) is 6.07 Å². The van der Waals surface area contributed by atoms with Crippen LogP contribution in [0, 0.1) is 17.2 Å². The van der Waals surface area contributed by atoms with Gasteiger partial charge in [-0.05, 0) is 24.8 Å². The number of rotatable bonds is 4. The van der Waals surface area contributed by atoms with Gasteiger partial charge in [-0.1, -0.05) is 12.8 Å². The van der Waals surface area contributed by atoms with Crippen molar-refractivity contribution in [1.29, 1.82) is 5.26 Å². The summed E-state index contributed by atoms with van der Waals surface area (Å²) in [6, 6.07) is 5.83. The molecule has 2 N–H and O–H groups in total. The third kappa shape index (κ3) is 3.29. The second-order valence-corrected chi connectivity index (χ2v) is 6.50. The largest absolute Gasteiger partial charge is 0.504 e. The van der Waals surface area contributed by atoms with Crippen LogP contribution < -0.4 is 10.1 Å². The van der Waals surface area contributed by atoms with Crippen molar-refractivity contribution in [2.45, 2.75) is 31.7 Å². The number of nitrogens with zero attached hydrogens (tertiary/aromatic N) is 2. The van der Waals surface area contributed by atoms with Crippen LogP contribution in [0.1, 0.15) is 42.9 Å². The van der Waals surface area contributed by atoms with Crippen LogP contribution in [0.4, 0.5) is 0 Å². The molecule has 1 aromatic rings. The van der Waals surface area contributed by atoms with Gasteiger partial charge in [-0.2, -0.15) is 5.26 Å². The fraction of sp³-hybridized carbons (Fsp3) is 0.611. The molecule has 0 unspecified atom stereocenters. The number of hydrogen-bond donors (Lipinski definition) is 2. The number of piperazine rings is 1. The number of phenols is 1. The molecule has 5 heteroatoms. The van der Waals surface area contributed by atoms with Crippen molar-refractivity contribution in [2.75, 3.05) is 33.3 Å². The van der Waals surface area contributed by atoms with Crippen LogP contribution in [0.15, 0.2) is 12.1 Å². The monoisotopic (exact) mass is 315 g/mol. The molecule has 0 radical (unpaired) electrons. The Labute approximate surface area is 137 Å². The second kappa shape index (κ2) is 7.20. The zero-order valence-corrected chi connectivity index (χ0v) is 13.7. The summed E-state index contributed by atoms with van der Waals surface area (Å²) in [5.74, 6) is 1.14. The summed E-state index contributed by atoms with van der Waals surface area (Å²) in [6.45, 7) is 3.89. The highest BCUT2D eigenvalue weighted by molar-refractivity contribution is 5.53. The molecule has 23 heavy (non-hydrogen) atoms. The van der Waals surface area contributed by atoms with Gasteiger partial charge >= 0.3 is 0 Å². The molecule has 1 heterocycles. The molecule has 3 rings (SSSR count). The van der Waals surface area contributed by atoms with Gasteiger partial charge in [0.25, 0.3) is 0 Å². The van der Waals surface area contributed by atoms with Crippen molar-refractivity contribution in [1.82, 2.24) is 10.2 Å². The van der Waals surface area contributed by atoms with Gasteiger partial charge < -0.3 is 15.2 Å². The molecular weight excluding hydrogens is 290 g/mol. The van der Waals surface area contributed by atoms with Crippen LogP contribution in [0.2, 0.25) is 0 Å². The van der Waals surface area contributed by atoms with E-state index >= 15 is 0 Å². The number of ether oxygens (including phenoxy) is 1. The first kappa shape index (κ1) is 16.1. The molecule has 5 nitrogen and oxygen atoms in total. The Kier molecular flexibility index (Phi) is 5.04.